The molecule has 31 heavy (non-hydrogen) atoms. The molecular weight excluding hydrogens is 380 g/mol. The van der Waals surface area contributed by atoms with Crippen LogP contribution in [0.3, 0.4) is 0 Å². The van der Waals surface area contributed by atoms with Crippen molar-refractivity contribution in [3.63, 3.8) is 0 Å². The topological polar surface area (TPSA) is 26.3 Å². The Balaban J connectivity index is 1.35. The fraction of sp³-hybridized carbons (Fsp3) is 0.690. The molecule has 0 saturated heterocycles. The molecule has 0 bridgehead atoms. The first-order valence-electron chi connectivity index (χ1n) is 12.6. The number of ketones is 1. The zero-order valence-electron chi connectivity index (χ0n) is 20.0. The lowest BCUT2D eigenvalue weighted by Crippen LogP contribution is -2.53. The van der Waals surface area contributed by atoms with Gasteiger partial charge < -0.3 is 4.74 Å². The molecule has 1 aromatic carbocycles. The van der Waals surface area contributed by atoms with Crippen LogP contribution in [0.2, 0.25) is 0 Å². The number of carbonyl (C=O) groups excluding carboxylic acids is 1. The largest absolute Gasteiger partial charge is 0.373 e. The number of hydrogen-bond acceptors (Lipinski definition) is 2. The molecule has 0 aliphatic heterocycles. The summed E-state index contributed by atoms with van der Waals surface area (Å²) in [6, 6.07) is 10.6. The minimum atomic E-state index is -0.124. The van der Waals surface area contributed by atoms with Gasteiger partial charge in [0.05, 0.1) is 12.7 Å². The SMILES string of the molecule is CC(=O)[C@@]1(C)CC[C@H]2[C@@H]3CC=C4CCC(OCc5ccccc5)C[C@]4(C)[C@H]3CC[C@@]21C. The first-order valence-corrected chi connectivity index (χ1v) is 12.6. The molecule has 0 N–H and O–H groups in total. The van der Waals surface area contributed by atoms with E-state index < -0.39 is 0 Å². The van der Waals surface area contributed by atoms with Crippen LogP contribution in [-0.2, 0) is 16.1 Å². The van der Waals surface area contributed by atoms with Crippen molar-refractivity contribution in [1.82, 2.24) is 0 Å². The fourth-order valence-electron chi connectivity index (χ4n) is 8.49. The predicted molar refractivity (Wildman–Crippen MR) is 126 cm³/mol. The van der Waals surface area contributed by atoms with Crippen molar-refractivity contribution in [3.05, 3.63) is 47.5 Å². The van der Waals surface area contributed by atoms with Crippen LogP contribution in [0.15, 0.2) is 42.0 Å². The summed E-state index contributed by atoms with van der Waals surface area (Å²) < 4.78 is 6.46. The van der Waals surface area contributed by atoms with E-state index in [0.29, 0.717) is 17.8 Å². The van der Waals surface area contributed by atoms with E-state index in [-0.39, 0.29) is 16.2 Å². The van der Waals surface area contributed by atoms with E-state index in [1.54, 1.807) is 5.57 Å². The van der Waals surface area contributed by atoms with Crippen molar-refractivity contribution < 1.29 is 9.53 Å². The highest BCUT2D eigenvalue weighted by Gasteiger charge is 2.63. The third-order valence-electron chi connectivity index (χ3n) is 10.7. The Hall–Kier alpha value is -1.41. The second kappa shape index (κ2) is 7.58. The average Bonchev–Trinajstić information content (AvgIpc) is 3.04. The van der Waals surface area contributed by atoms with E-state index in [2.05, 4.69) is 57.2 Å². The van der Waals surface area contributed by atoms with Gasteiger partial charge in [0, 0.05) is 5.41 Å². The Labute approximate surface area is 188 Å². The minimum absolute atomic E-state index is 0.124. The highest BCUT2D eigenvalue weighted by Crippen LogP contribution is 2.69. The molecule has 0 aromatic heterocycles. The van der Waals surface area contributed by atoms with Crippen LogP contribution < -0.4 is 0 Å². The highest BCUT2D eigenvalue weighted by molar-refractivity contribution is 5.83. The Bertz CT molecular complexity index is 872. The van der Waals surface area contributed by atoms with E-state index in [9.17, 15) is 4.79 Å². The molecule has 0 radical (unpaired) electrons. The van der Waals surface area contributed by atoms with Gasteiger partial charge in [0.2, 0.25) is 0 Å². The average molecular weight is 421 g/mol. The number of Topliss-reactive ketones (excluding diaryl/α,β-unsaturated/α-hetero) is 1. The summed E-state index contributed by atoms with van der Waals surface area (Å²) >= 11 is 0. The van der Waals surface area contributed by atoms with Crippen LogP contribution >= 0.6 is 0 Å². The second-order valence-electron chi connectivity index (χ2n) is 11.8. The number of benzene rings is 1. The fourth-order valence-corrected chi connectivity index (χ4v) is 8.49. The van der Waals surface area contributed by atoms with Crippen LogP contribution in [-0.4, -0.2) is 11.9 Å². The molecule has 2 heteroatoms. The standard InChI is InChI=1S/C29H40O2/c1-20(30)28(3)16-15-26-24-13-11-22-10-12-23(31-19-21-8-6-5-7-9-21)18-27(22,2)25(24)14-17-29(26,28)4/h5-9,11,23-26H,10,12-19H2,1-4H3/t23?,24-,25+,26+,27+,28-,29+/m1/s1. The molecule has 0 spiro atoms. The molecule has 1 unspecified atom stereocenters. The van der Waals surface area contributed by atoms with E-state index in [1.165, 1.54) is 44.1 Å². The number of rotatable bonds is 4. The molecule has 0 heterocycles. The first kappa shape index (κ1) is 21.4. The summed E-state index contributed by atoms with van der Waals surface area (Å²) in [4.78, 5) is 12.7. The van der Waals surface area contributed by atoms with Crippen molar-refractivity contribution in [3.8, 4) is 0 Å². The molecule has 3 saturated carbocycles. The molecule has 4 aliphatic carbocycles. The zero-order chi connectivity index (χ0) is 21.9. The van der Waals surface area contributed by atoms with Gasteiger partial charge in [-0.05, 0) is 92.4 Å². The molecule has 168 valence electrons. The van der Waals surface area contributed by atoms with Crippen molar-refractivity contribution in [2.24, 2.45) is 34.0 Å². The Morgan fingerprint density at radius 1 is 1.03 bits per heavy atom. The minimum Gasteiger partial charge on any atom is -0.373 e. The van der Waals surface area contributed by atoms with Crippen LogP contribution in [0.1, 0.15) is 84.6 Å². The van der Waals surface area contributed by atoms with Crippen molar-refractivity contribution in [1.29, 1.82) is 0 Å². The molecule has 5 rings (SSSR count). The van der Waals surface area contributed by atoms with Gasteiger partial charge in [-0.1, -0.05) is 62.8 Å². The van der Waals surface area contributed by atoms with E-state index >= 15 is 0 Å². The molecule has 1 aromatic rings. The molecule has 3 fully saturated rings. The lowest BCUT2D eigenvalue weighted by molar-refractivity contribution is -0.138. The summed E-state index contributed by atoms with van der Waals surface area (Å²) in [5.74, 6) is 2.60. The first-order chi connectivity index (χ1) is 14.8. The summed E-state index contributed by atoms with van der Waals surface area (Å²) in [5, 5.41) is 0. The lowest BCUT2D eigenvalue weighted by atomic mass is 9.45. The van der Waals surface area contributed by atoms with Crippen LogP contribution in [0.25, 0.3) is 0 Å². The van der Waals surface area contributed by atoms with Gasteiger partial charge in [0.25, 0.3) is 0 Å². The van der Waals surface area contributed by atoms with Crippen LogP contribution in [0, 0.1) is 34.0 Å². The van der Waals surface area contributed by atoms with Gasteiger partial charge in [0.15, 0.2) is 0 Å². The maximum absolute atomic E-state index is 12.7. The van der Waals surface area contributed by atoms with Crippen molar-refractivity contribution in [2.75, 3.05) is 0 Å². The van der Waals surface area contributed by atoms with Crippen LogP contribution in [0.4, 0.5) is 0 Å². The maximum atomic E-state index is 12.7. The van der Waals surface area contributed by atoms with Gasteiger partial charge in [-0.3, -0.25) is 4.79 Å². The number of ether oxygens (including phenoxy) is 1. The molecule has 7 atom stereocenters. The number of hydrogen-bond donors (Lipinski definition) is 0. The van der Waals surface area contributed by atoms with E-state index in [0.717, 1.165) is 31.3 Å². The Morgan fingerprint density at radius 3 is 2.52 bits per heavy atom. The van der Waals surface area contributed by atoms with Crippen LogP contribution in [0.5, 0.6) is 0 Å². The van der Waals surface area contributed by atoms with Gasteiger partial charge in [-0.2, -0.15) is 0 Å². The number of allylic oxidation sites excluding steroid dienone is 2. The summed E-state index contributed by atoms with van der Waals surface area (Å²) in [6.45, 7) is 9.85. The molecule has 0 amide bonds. The van der Waals surface area contributed by atoms with Crippen molar-refractivity contribution >= 4 is 5.78 Å². The van der Waals surface area contributed by atoms with Gasteiger partial charge in [-0.25, -0.2) is 0 Å². The summed E-state index contributed by atoms with van der Waals surface area (Å²) in [6.07, 6.45) is 12.6. The van der Waals surface area contributed by atoms with Gasteiger partial charge in [0.1, 0.15) is 5.78 Å². The van der Waals surface area contributed by atoms with E-state index in [1.807, 2.05) is 6.92 Å². The quantitative estimate of drug-likeness (QED) is 0.484. The maximum Gasteiger partial charge on any atom is 0.136 e. The second-order valence-corrected chi connectivity index (χ2v) is 11.8. The lowest BCUT2D eigenvalue weighted by Gasteiger charge is -2.59. The van der Waals surface area contributed by atoms with E-state index in [4.69, 9.17) is 4.74 Å². The Morgan fingerprint density at radius 2 is 1.77 bits per heavy atom. The third-order valence-corrected chi connectivity index (χ3v) is 10.7. The Kier molecular flexibility index (Phi) is 5.24. The van der Waals surface area contributed by atoms with Gasteiger partial charge in [-0.15, -0.1) is 0 Å². The smallest absolute Gasteiger partial charge is 0.136 e. The molecule has 2 nitrogen and oxygen atoms in total. The predicted octanol–water partition coefficient (Wildman–Crippen LogP) is 7.13. The molecule has 4 aliphatic rings. The summed E-state index contributed by atoms with van der Waals surface area (Å²) in [7, 11) is 0. The monoisotopic (exact) mass is 420 g/mol. The number of fused-ring (bicyclic) bond motifs is 5. The zero-order valence-corrected chi connectivity index (χ0v) is 20.0. The highest BCUT2D eigenvalue weighted by atomic mass is 16.5. The third kappa shape index (κ3) is 3.19. The normalized spacial score (nSPS) is 44.1. The molecular formula is C29H40O2. The van der Waals surface area contributed by atoms with Gasteiger partial charge >= 0.3 is 0 Å². The number of carbonyl (C=O) groups is 1. The summed E-state index contributed by atoms with van der Waals surface area (Å²) in [5.41, 5.74) is 3.32. The van der Waals surface area contributed by atoms with Crippen molar-refractivity contribution in [2.45, 2.75) is 91.8 Å².